The van der Waals surface area contributed by atoms with E-state index in [9.17, 15) is 0 Å². The van der Waals surface area contributed by atoms with Crippen LogP contribution in [0.2, 0.25) is 5.02 Å². The lowest BCUT2D eigenvalue weighted by Crippen LogP contribution is -2.00. The molecule has 1 aromatic heterocycles. The van der Waals surface area contributed by atoms with Crippen LogP contribution in [0.5, 0.6) is 0 Å². The Morgan fingerprint density at radius 2 is 2.24 bits per heavy atom. The number of aromatic nitrogens is 2. The lowest BCUT2D eigenvalue weighted by molar-refractivity contribution is 1.14. The zero-order valence-corrected chi connectivity index (χ0v) is 10.2. The minimum atomic E-state index is 0.198. The fourth-order valence-corrected chi connectivity index (χ4v) is 1.61. The number of rotatable bonds is 3. The third-order valence-corrected chi connectivity index (χ3v) is 2.64. The Bertz CT molecular complexity index is 528. The largest absolute Gasteiger partial charge is 0.368 e. The summed E-state index contributed by atoms with van der Waals surface area (Å²) in [5.41, 5.74) is 7.69. The van der Waals surface area contributed by atoms with Crippen molar-refractivity contribution in [1.82, 2.24) is 9.97 Å². The number of benzene rings is 1. The van der Waals surface area contributed by atoms with Gasteiger partial charge in [0.05, 0.1) is 6.20 Å². The highest BCUT2D eigenvalue weighted by Gasteiger charge is 2.04. The van der Waals surface area contributed by atoms with E-state index in [1.54, 1.807) is 0 Å². The molecule has 0 aliphatic carbocycles. The standard InChI is InChI=1S/C12H13ClN4/c1-2-8-4-3-5-9(6-8)16-11-10(13)7-15-12(14)17-11/h3-7H,2H2,1H3,(H3,14,15,16,17). The number of halogens is 1. The van der Waals surface area contributed by atoms with Gasteiger partial charge in [-0.1, -0.05) is 30.7 Å². The van der Waals surface area contributed by atoms with Crippen LogP contribution in [-0.2, 0) is 6.42 Å². The Hall–Kier alpha value is -1.81. The second-order valence-electron chi connectivity index (χ2n) is 3.60. The maximum absolute atomic E-state index is 5.98. The molecule has 0 aliphatic rings. The molecule has 1 heterocycles. The number of nitrogen functional groups attached to an aromatic ring is 1. The van der Waals surface area contributed by atoms with Gasteiger partial charge in [-0.15, -0.1) is 0 Å². The molecule has 2 rings (SSSR count). The summed E-state index contributed by atoms with van der Waals surface area (Å²) >= 11 is 5.98. The highest BCUT2D eigenvalue weighted by atomic mass is 35.5. The monoisotopic (exact) mass is 248 g/mol. The average molecular weight is 249 g/mol. The molecule has 2 aromatic rings. The van der Waals surface area contributed by atoms with Crippen molar-refractivity contribution in [1.29, 1.82) is 0 Å². The SMILES string of the molecule is CCc1cccc(Nc2nc(N)ncc2Cl)c1. The summed E-state index contributed by atoms with van der Waals surface area (Å²) in [5, 5.41) is 3.57. The number of nitrogens with one attached hydrogen (secondary N) is 1. The zero-order chi connectivity index (χ0) is 12.3. The van der Waals surface area contributed by atoms with Crippen LogP contribution in [0.1, 0.15) is 12.5 Å². The third kappa shape index (κ3) is 2.85. The van der Waals surface area contributed by atoms with Crippen LogP contribution in [-0.4, -0.2) is 9.97 Å². The molecule has 17 heavy (non-hydrogen) atoms. The molecule has 4 nitrogen and oxygen atoms in total. The van der Waals surface area contributed by atoms with Crippen LogP contribution in [0.15, 0.2) is 30.5 Å². The minimum Gasteiger partial charge on any atom is -0.368 e. The summed E-state index contributed by atoms with van der Waals surface area (Å²) in [6, 6.07) is 8.06. The van der Waals surface area contributed by atoms with Gasteiger partial charge in [0, 0.05) is 5.69 Å². The molecule has 0 amide bonds. The number of hydrogen-bond acceptors (Lipinski definition) is 4. The fourth-order valence-electron chi connectivity index (χ4n) is 1.47. The summed E-state index contributed by atoms with van der Waals surface area (Å²) in [7, 11) is 0. The minimum absolute atomic E-state index is 0.198. The second kappa shape index (κ2) is 5.01. The molecule has 0 radical (unpaired) electrons. The molecule has 0 saturated carbocycles. The first-order chi connectivity index (χ1) is 8.19. The van der Waals surface area contributed by atoms with Gasteiger partial charge in [0.2, 0.25) is 5.95 Å². The van der Waals surface area contributed by atoms with Crippen molar-refractivity contribution in [3.8, 4) is 0 Å². The molecule has 0 unspecified atom stereocenters. The average Bonchev–Trinajstić information content (AvgIpc) is 2.34. The first-order valence-corrected chi connectivity index (χ1v) is 5.71. The van der Waals surface area contributed by atoms with Crippen LogP contribution in [0.25, 0.3) is 0 Å². The molecule has 0 atom stereocenters. The molecular weight excluding hydrogens is 236 g/mol. The zero-order valence-electron chi connectivity index (χ0n) is 9.44. The van der Waals surface area contributed by atoms with Gasteiger partial charge in [-0.05, 0) is 24.1 Å². The van der Waals surface area contributed by atoms with Crippen molar-refractivity contribution in [2.75, 3.05) is 11.1 Å². The number of aryl methyl sites for hydroxylation is 1. The number of hydrogen-bond donors (Lipinski definition) is 2. The maximum atomic E-state index is 5.98. The molecule has 0 fully saturated rings. The fraction of sp³-hybridized carbons (Fsp3) is 0.167. The van der Waals surface area contributed by atoms with E-state index < -0.39 is 0 Å². The van der Waals surface area contributed by atoms with E-state index in [1.807, 2.05) is 12.1 Å². The molecule has 88 valence electrons. The van der Waals surface area contributed by atoms with E-state index in [-0.39, 0.29) is 5.95 Å². The van der Waals surface area contributed by atoms with Gasteiger partial charge in [0.1, 0.15) is 5.02 Å². The lowest BCUT2D eigenvalue weighted by atomic mass is 10.1. The number of nitrogens with two attached hydrogens (primary N) is 1. The smallest absolute Gasteiger partial charge is 0.222 e. The molecule has 0 saturated heterocycles. The normalized spacial score (nSPS) is 10.2. The summed E-state index contributed by atoms with van der Waals surface area (Å²) in [6.07, 6.45) is 2.46. The molecular formula is C12H13ClN4. The van der Waals surface area contributed by atoms with E-state index in [1.165, 1.54) is 11.8 Å². The van der Waals surface area contributed by atoms with Crippen molar-refractivity contribution in [3.05, 3.63) is 41.0 Å². The van der Waals surface area contributed by atoms with Crippen molar-refractivity contribution < 1.29 is 0 Å². The predicted molar refractivity (Wildman–Crippen MR) is 70.6 cm³/mol. The summed E-state index contributed by atoms with van der Waals surface area (Å²) in [5.74, 6) is 0.718. The number of anilines is 3. The van der Waals surface area contributed by atoms with Crippen molar-refractivity contribution >= 4 is 29.1 Å². The summed E-state index contributed by atoms with van der Waals surface area (Å²) in [4.78, 5) is 7.86. The van der Waals surface area contributed by atoms with Gasteiger partial charge < -0.3 is 11.1 Å². The molecule has 1 aromatic carbocycles. The molecule has 3 N–H and O–H groups in total. The van der Waals surface area contributed by atoms with Gasteiger partial charge in [-0.3, -0.25) is 0 Å². The van der Waals surface area contributed by atoms with E-state index in [0.717, 1.165) is 12.1 Å². The van der Waals surface area contributed by atoms with Gasteiger partial charge >= 0.3 is 0 Å². The quantitative estimate of drug-likeness (QED) is 0.876. The van der Waals surface area contributed by atoms with Crippen molar-refractivity contribution in [3.63, 3.8) is 0 Å². The van der Waals surface area contributed by atoms with Gasteiger partial charge in [-0.25, -0.2) is 4.98 Å². The molecule has 0 bridgehead atoms. The Labute approximate surface area is 105 Å². The van der Waals surface area contributed by atoms with Gasteiger partial charge in [0.25, 0.3) is 0 Å². The highest BCUT2D eigenvalue weighted by molar-refractivity contribution is 6.32. The Morgan fingerprint density at radius 1 is 1.41 bits per heavy atom. The first-order valence-electron chi connectivity index (χ1n) is 5.33. The van der Waals surface area contributed by atoms with E-state index in [4.69, 9.17) is 17.3 Å². The Kier molecular flexibility index (Phi) is 3.44. The maximum Gasteiger partial charge on any atom is 0.222 e. The Balaban J connectivity index is 2.27. The molecule has 5 heteroatoms. The second-order valence-corrected chi connectivity index (χ2v) is 4.01. The van der Waals surface area contributed by atoms with E-state index in [2.05, 4.69) is 34.3 Å². The summed E-state index contributed by atoms with van der Waals surface area (Å²) < 4.78 is 0. The number of nitrogens with zero attached hydrogens (tertiary/aromatic N) is 2. The lowest BCUT2D eigenvalue weighted by Gasteiger charge is -2.08. The van der Waals surface area contributed by atoms with Crippen LogP contribution in [0.4, 0.5) is 17.5 Å². The molecule has 0 aliphatic heterocycles. The van der Waals surface area contributed by atoms with Crippen molar-refractivity contribution in [2.45, 2.75) is 13.3 Å². The van der Waals surface area contributed by atoms with Gasteiger partial charge in [-0.2, -0.15) is 4.98 Å². The van der Waals surface area contributed by atoms with E-state index >= 15 is 0 Å². The van der Waals surface area contributed by atoms with Crippen LogP contribution in [0.3, 0.4) is 0 Å². The predicted octanol–water partition coefficient (Wildman–Crippen LogP) is 3.02. The van der Waals surface area contributed by atoms with Gasteiger partial charge in [0.15, 0.2) is 5.82 Å². The van der Waals surface area contributed by atoms with Crippen LogP contribution < -0.4 is 11.1 Å². The van der Waals surface area contributed by atoms with Crippen LogP contribution >= 0.6 is 11.6 Å². The molecule has 0 spiro atoms. The third-order valence-electron chi connectivity index (χ3n) is 2.36. The van der Waals surface area contributed by atoms with Crippen molar-refractivity contribution in [2.24, 2.45) is 0 Å². The highest BCUT2D eigenvalue weighted by Crippen LogP contribution is 2.23. The Morgan fingerprint density at radius 3 is 3.00 bits per heavy atom. The summed E-state index contributed by atoms with van der Waals surface area (Å²) in [6.45, 7) is 2.11. The first kappa shape index (κ1) is 11.7. The van der Waals surface area contributed by atoms with Crippen LogP contribution in [0, 0.1) is 0 Å². The van der Waals surface area contributed by atoms with E-state index in [0.29, 0.717) is 10.8 Å². The topological polar surface area (TPSA) is 63.8 Å².